The predicted octanol–water partition coefficient (Wildman–Crippen LogP) is 3.21. The molecule has 7 N–H and O–H groups in total. The van der Waals surface area contributed by atoms with Crippen molar-refractivity contribution >= 4 is 45.4 Å². The van der Waals surface area contributed by atoms with Crippen LogP contribution in [0.5, 0.6) is 5.75 Å². The smallest absolute Gasteiger partial charge is 0.230 e. The molecule has 5 unspecified atom stereocenters. The third-order valence-corrected chi connectivity index (χ3v) is 13.4. The van der Waals surface area contributed by atoms with Gasteiger partial charge in [-0.1, -0.05) is 13.0 Å². The summed E-state index contributed by atoms with van der Waals surface area (Å²) in [6.45, 7) is 1.80. The Hall–Kier alpha value is -3.32. The Balaban J connectivity index is 1.14. The van der Waals surface area contributed by atoms with E-state index in [9.17, 15) is 34.8 Å². The quantitative estimate of drug-likeness (QED) is 0.205. The fraction of sp³-hybridized carbons (Fsp3) is 0.600. The molecule has 250 valence electrons. The fourth-order valence-electron chi connectivity index (χ4n) is 11.2. The molecule has 9 rings (SSSR count). The van der Waals surface area contributed by atoms with Gasteiger partial charge in [-0.05, 0) is 87.9 Å². The summed E-state index contributed by atoms with van der Waals surface area (Å²) in [4.78, 5) is 46.7. The Morgan fingerprint density at radius 3 is 2.28 bits per heavy atom. The lowest BCUT2D eigenvalue weighted by atomic mass is 9.49. The maximum atomic E-state index is 14.2. The highest BCUT2D eigenvalue weighted by Crippen LogP contribution is 2.61. The van der Waals surface area contributed by atoms with Crippen molar-refractivity contribution in [2.24, 2.45) is 47.2 Å². The van der Waals surface area contributed by atoms with E-state index in [1.54, 1.807) is 38.1 Å². The highest BCUT2D eigenvalue weighted by Gasteiger charge is 2.63. The molecule has 0 spiro atoms. The first-order valence-corrected chi connectivity index (χ1v) is 17.6. The molecule has 1 amide bonds. The molecule has 47 heavy (non-hydrogen) atoms. The van der Waals surface area contributed by atoms with Crippen LogP contribution in [0.2, 0.25) is 0 Å². The van der Waals surface area contributed by atoms with Gasteiger partial charge >= 0.3 is 0 Å². The van der Waals surface area contributed by atoms with Gasteiger partial charge in [0.1, 0.15) is 17.4 Å². The number of aliphatic hydroxyl groups is 3. The molecule has 0 radical (unpaired) electrons. The van der Waals surface area contributed by atoms with Crippen molar-refractivity contribution in [2.75, 3.05) is 19.4 Å². The number of aromatic nitrogens is 1. The van der Waals surface area contributed by atoms with Crippen LogP contribution in [0, 0.1) is 41.4 Å². The van der Waals surface area contributed by atoms with E-state index in [1.807, 2.05) is 0 Å². The number of thiazole rings is 1. The number of aromatic hydroxyl groups is 1. The molecule has 11 nitrogen and oxygen atoms in total. The molecule has 12 heteroatoms. The molecule has 0 saturated heterocycles. The minimum Gasteiger partial charge on any atom is -0.507 e. The van der Waals surface area contributed by atoms with Crippen LogP contribution in [0.25, 0.3) is 5.76 Å². The minimum atomic E-state index is -1.64. The molecular weight excluding hydrogens is 620 g/mol. The Kier molecular flexibility index (Phi) is 6.98. The van der Waals surface area contributed by atoms with Crippen molar-refractivity contribution in [3.05, 3.63) is 39.9 Å². The third-order valence-electron chi connectivity index (χ3n) is 12.7. The van der Waals surface area contributed by atoms with Gasteiger partial charge in [-0.2, -0.15) is 0 Å². The van der Waals surface area contributed by atoms with Crippen molar-refractivity contribution in [1.29, 1.82) is 0 Å². The first-order chi connectivity index (χ1) is 22.3. The van der Waals surface area contributed by atoms with Crippen LogP contribution < -0.4 is 11.1 Å². The number of aliphatic hydroxyl groups excluding tert-OH is 3. The van der Waals surface area contributed by atoms with E-state index >= 15 is 0 Å². The molecular formula is C35H42N4O7S. The van der Waals surface area contributed by atoms with Gasteiger partial charge in [-0.15, -0.1) is 11.3 Å². The van der Waals surface area contributed by atoms with E-state index in [1.165, 1.54) is 49.9 Å². The molecule has 8 atom stereocenters. The second-order valence-electron chi connectivity index (χ2n) is 15.5. The van der Waals surface area contributed by atoms with Crippen molar-refractivity contribution in [1.82, 2.24) is 9.88 Å². The first-order valence-electron chi connectivity index (χ1n) is 16.7. The van der Waals surface area contributed by atoms with Crippen LogP contribution in [-0.4, -0.2) is 80.1 Å². The summed E-state index contributed by atoms with van der Waals surface area (Å²) in [5.74, 6) is -6.70. The lowest BCUT2D eigenvalue weighted by molar-refractivity contribution is -0.166. The van der Waals surface area contributed by atoms with Gasteiger partial charge in [0, 0.05) is 34.2 Å². The summed E-state index contributed by atoms with van der Waals surface area (Å²) in [6.07, 6.45) is 4.74. The normalized spacial score (nSPS) is 40.3. The number of carbonyl (C=O) groups is 3. The monoisotopic (exact) mass is 662 g/mol. The molecule has 1 heterocycles. The van der Waals surface area contributed by atoms with Gasteiger partial charge < -0.3 is 36.4 Å². The summed E-state index contributed by atoms with van der Waals surface area (Å²) in [7, 11) is 3.28. The average Bonchev–Trinajstić information content (AvgIpc) is 3.47. The Morgan fingerprint density at radius 1 is 1.04 bits per heavy atom. The number of Topliss-reactive ketones (excluding diaryl/α,β-unsaturated/α-hetero) is 2. The topological polar surface area (TPSA) is 186 Å². The first kappa shape index (κ1) is 31.0. The number of anilines is 2. The minimum absolute atomic E-state index is 0.0597. The number of nitrogens with one attached hydrogen (secondary N) is 1. The molecule has 7 aliphatic carbocycles. The Bertz CT molecular complexity index is 1700. The number of rotatable bonds is 5. The Labute approximate surface area is 276 Å². The van der Waals surface area contributed by atoms with Crippen molar-refractivity contribution < 1.29 is 34.8 Å². The van der Waals surface area contributed by atoms with Gasteiger partial charge in [-0.25, -0.2) is 4.98 Å². The van der Waals surface area contributed by atoms with Crippen LogP contribution >= 0.6 is 11.3 Å². The van der Waals surface area contributed by atoms with E-state index in [0.29, 0.717) is 16.4 Å². The lowest BCUT2D eigenvalue weighted by Gasteiger charge is -2.56. The number of phenolic OH excluding ortho intramolecular Hbond substituents is 1. The number of hydrogen-bond donors (Lipinski definition) is 6. The van der Waals surface area contributed by atoms with E-state index in [0.717, 1.165) is 23.4 Å². The predicted molar refractivity (Wildman–Crippen MR) is 174 cm³/mol. The number of nitrogens with zero attached hydrogens (tertiary/aromatic N) is 2. The van der Waals surface area contributed by atoms with Crippen molar-refractivity contribution in [3.63, 3.8) is 0 Å². The van der Waals surface area contributed by atoms with E-state index < -0.39 is 71.1 Å². The number of likely N-dealkylation sites (N-methyl/N-ethyl adjacent to an activating group) is 1. The van der Waals surface area contributed by atoms with Gasteiger partial charge in [0.05, 0.1) is 35.1 Å². The van der Waals surface area contributed by atoms with Crippen LogP contribution in [0.15, 0.2) is 23.1 Å². The molecule has 6 saturated carbocycles. The van der Waals surface area contributed by atoms with Crippen LogP contribution in [-0.2, 0) is 19.8 Å². The van der Waals surface area contributed by atoms with Gasteiger partial charge in [0.15, 0.2) is 16.7 Å². The maximum absolute atomic E-state index is 14.2. The van der Waals surface area contributed by atoms with Crippen molar-refractivity contribution in [2.45, 2.75) is 75.0 Å². The standard InChI is InChI=1S/C35H42N4O7S/c1-13-17-4-5-18(37-34-38-19(12-47-34)35-9-14-6-15(10-35)8-16(7-14)11-35)27(40)21(17)29(42)23-20(13)28(41)22-24(30(23)43)31(44)25(33(36)46)32(45)26(22)39(2)3/h4-5,12-16,20,22,24-26,28,32,40-42,45H,6-11H2,1-3H3,(H2,36,46)(H,37,38)/t13-,14?,15?,16?,20?,22?,24?,25?,26-,28-,32?,35?/m0/s1. The number of ketones is 2. The maximum Gasteiger partial charge on any atom is 0.230 e. The summed E-state index contributed by atoms with van der Waals surface area (Å²) < 4.78 is 0. The number of primary amides is 1. The molecule has 7 aliphatic rings. The highest BCUT2D eigenvalue weighted by molar-refractivity contribution is 7.13. The average molecular weight is 663 g/mol. The summed E-state index contributed by atoms with van der Waals surface area (Å²) >= 11 is 1.48. The van der Waals surface area contributed by atoms with E-state index in [4.69, 9.17) is 10.7 Å². The zero-order valence-corrected chi connectivity index (χ0v) is 27.5. The summed E-state index contributed by atoms with van der Waals surface area (Å²) in [5.41, 5.74) is 7.51. The number of phenols is 1. The number of amides is 1. The lowest BCUT2D eigenvalue weighted by Crippen LogP contribution is -2.68. The van der Waals surface area contributed by atoms with E-state index in [-0.39, 0.29) is 22.3 Å². The second kappa shape index (κ2) is 10.6. The number of carbonyl (C=O) groups excluding carboxylic acids is 3. The van der Waals surface area contributed by atoms with Gasteiger partial charge in [0.25, 0.3) is 0 Å². The molecule has 4 bridgehead atoms. The zero-order chi connectivity index (χ0) is 33.3. The van der Waals surface area contributed by atoms with Crippen LogP contribution in [0.1, 0.15) is 68.2 Å². The SMILES string of the molecule is C[C@H]1c2ccc(Nc3nc(C45CC6CC(CC(C6)C4)C5)cs3)c(O)c2C(O)=C2C(=O)C3C(=O)C(C(N)=O)C(O)[C@@H](N(C)C)C3[C@@H](O)C21. The summed E-state index contributed by atoms with van der Waals surface area (Å²) in [6, 6.07) is 2.55. The number of hydrogen-bond acceptors (Lipinski definition) is 11. The van der Waals surface area contributed by atoms with E-state index in [2.05, 4.69) is 10.7 Å². The highest BCUT2D eigenvalue weighted by atomic mass is 32.1. The van der Waals surface area contributed by atoms with Gasteiger partial charge in [-0.3, -0.25) is 14.4 Å². The second-order valence-corrected chi connectivity index (χ2v) is 16.4. The largest absolute Gasteiger partial charge is 0.507 e. The fourth-order valence-corrected chi connectivity index (χ4v) is 12.0. The van der Waals surface area contributed by atoms with Crippen molar-refractivity contribution in [3.8, 4) is 5.75 Å². The molecule has 1 aromatic carbocycles. The molecule has 2 aromatic rings. The van der Waals surface area contributed by atoms with Gasteiger partial charge in [0.2, 0.25) is 5.91 Å². The molecule has 1 aromatic heterocycles. The van der Waals surface area contributed by atoms with Crippen LogP contribution in [0.3, 0.4) is 0 Å². The number of fused-ring (bicyclic) bond motifs is 3. The molecule has 6 fully saturated rings. The summed E-state index contributed by atoms with van der Waals surface area (Å²) in [5, 5.41) is 52.2. The third kappa shape index (κ3) is 4.33. The number of nitrogens with two attached hydrogens (primary N) is 1. The Morgan fingerprint density at radius 2 is 1.68 bits per heavy atom. The number of benzene rings is 1. The zero-order valence-electron chi connectivity index (χ0n) is 26.7. The molecule has 0 aliphatic heterocycles. The van der Waals surface area contributed by atoms with Crippen LogP contribution in [0.4, 0.5) is 10.8 Å².